The first-order chi connectivity index (χ1) is 24.5. The molecule has 6 rings (SSSR count). The van der Waals surface area contributed by atoms with E-state index in [2.05, 4.69) is 43.7 Å². The van der Waals surface area contributed by atoms with Crippen molar-refractivity contribution in [2.24, 2.45) is 16.1 Å². The van der Waals surface area contributed by atoms with Gasteiger partial charge in [-0.05, 0) is 74.4 Å². The summed E-state index contributed by atoms with van der Waals surface area (Å²) in [6.45, 7) is 9.07. The molecule has 13 heteroatoms. The van der Waals surface area contributed by atoms with Crippen molar-refractivity contribution < 1.29 is 19.4 Å². The number of ether oxygens (including phenoxy) is 2. The van der Waals surface area contributed by atoms with Gasteiger partial charge in [0.15, 0.2) is 5.65 Å². The number of hydrogen-bond acceptors (Lipinski definition) is 9. The molecule has 3 heterocycles. The number of amides is 2. The van der Waals surface area contributed by atoms with Crippen LogP contribution in [-0.2, 0) is 0 Å². The Hall–Kier alpha value is -4.81. The van der Waals surface area contributed by atoms with Gasteiger partial charge < -0.3 is 30.5 Å². The highest BCUT2D eigenvalue weighted by Crippen LogP contribution is 2.39. The maximum absolute atomic E-state index is 13.6. The number of aromatic nitrogens is 3. The van der Waals surface area contributed by atoms with Crippen molar-refractivity contribution >= 4 is 40.8 Å². The number of piperidine rings is 1. The average Bonchev–Trinajstić information content (AvgIpc) is 3.52. The van der Waals surface area contributed by atoms with E-state index < -0.39 is 6.03 Å². The maximum Gasteiger partial charge on any atom is 0.320 e. The Morgan fingerprint density at radius 1 is 1.10 bits per heavy atom. The fourth-order valence-electron chi connectivity index (χ4n) is 6.44. The second kappa shape index (κ2) is 15.6. The Bertz CT molecular complexity index is 1920. The number of allylic oxidation sites excluding steroid dienone is 1. The zero-order valence-electron chi connectivity index (χ0n) is 29.6. The van der Waals surface area contributed by atoms with E-state index in [1.54, 1.807) is 24.3 Å². The van der Waals surface area contributed by atoms with Gasteiger partial charge in [0.1, 0.15) is 30.0 Å². The number of anilines is 1. The van der Waals surface area contributed by atoms with Crippen LogP contribution in [0.3, 0.4) is 0 Å². The topological polar surface area (TPSA) is 152 Å². The summed E-state index contributed by atoms with van der Waals surface area (Å²) in [4.78, 5) is 20.6. The highest BCUT2D eigenvalue weighted by molar-refractivity contribution is 6.32. The van der Waals surface area contributed by atoms with E-state index in [4.69, 9.17) is 26.8 Å². The number of rotatable bonds is 9. The standard InChI is InChI=1S/C38H47ClN8O4/c1-24-9-7-8-18-46(24)37-45-44-35-17-13-26(23-47(35)37)51-31-16-15-30(27-10-5-6-11-28(27)31)42-36(49)43-34(22-33(40)38(2,3)4)41-25-12-14-29(39)32(21-25)50-20-19-48/h5-6,10-14,17,21-24,30-31,48H,7-9,15-16,18-20,40H2,1-4H3,(H2,41,42,43,49)/t24-,30?,31+/m0/s1. The number of pyridine rings is 1. The number of carbonyl (C=O) groups excluding carboxylic acids is 1. The first kappa shape index (κ1) is 36.0. The third-order valence-electron chi connectivity index (χ3n) is 9.35. The molecule has 12 nitrogen and oxygen atoms in total. The molecule has 0 saturated carbocycles. The molecule has 1 fully saturated rings. The molecule has 2 aliphatic rings. The molecule has 3 atom stereocenters. The van der Waals surface area contributed by atoms with Gasteiger partial charge in [0.25, 0.3) is 0 Å². The molecule has 5 N–H and O–H groups in total. The lowest BCUT2D eigenvalue weighted by Gasteiger charge is -2.33. The average molecular weight is 715 g/mol. The summed E-state index contributed by atoms with van der Waals surface area (Å²) in [6.07, 6.45) is 8.29. The number of aliphatic imine (C=N–C) groups is 1. The van der Waals surface area contributed by atoms with Gasteiger partial charge >= 0.3 is 6.03 Å². The van der Waals surface area contributed by atoms with E-state index in [0.717, 1.165) is 47.9 Å². The van der Waals surface area contributed by atoms with E-state index >= 15 is 0 Å². The Morgan fingerprint density at radius 3 is 2.67 bits per heavy atom. The summed E-state index contributed by atoms with van der Waals surface area (Å²) < 4.78 is 14.2. The number of nitrogens with zero attached hydrogens (tertiary/aromatic N) is 5. The SMILES string of the molecule is C[C@H]1CCCCN1c1nnc2ccc(O[C@@H]3CCC(NC(=O)NC(C=C(N)C(C)(C)C)=Nc4ccc(Cl)c(OCCO)c4)c4ccccc43)cn12. The molecular weight excluding hydrogens is 668 g/mol. The molecule has 1 aliphatic heterocycles. The molecule has 2 aromatic heterocycles. The maximum atomic E-state index is 13.6. The fourth-order valence-corrected chi connectivity index (χ4v) is 6.62. The van der Waals surface area contributed by atoms with Crippen LogP contribution in [-0.4, -0.2) is 57.4 Å². The Morgan fingerprint density at radius 2 is 1.90 bits per heavy atom. The van der Waals surface area contributed by atoms with Crippen molar-refractivity contribution in [1.29, 1.82) is 0 Å². The molecule has 0 bridgehead atoms. The van der Waals surface area contributed by atoms with Gasteiger partial charge in [-0.2, -0.15) is 0 Å². The zero-order valence-corrected chi connectivity index (χ0v) is 30.4. The van der Waals surface area contributed by atoms with Crippen molar-refractivity contribution in [3.05, 3.63) is 88.7 Å². The zero-order chi connectivity index (χ0) is 36.1. The molecule has 2 amide bonds. The summed E-state index contributed by atoms with van der Waals surface area (Å²) in [5.74, 6) is 2.20. The first-order valence-corrected chi connectivity index (χ1v) is 17.9. The summed E-state index contributed by atoms with van der Waals surface area (Å²) in [6, 6.07) is 16.7. The fraction of sp³-hybridized carbons (Fsp3) is 0.421. The lowest BCUT2D eigenvalue weighted by Crippen LogP contribution is -2.42. The van der Waals surface area contributed by atoms with Crippen molar-refractivity contribution in [3.63, 3.8) is 0 Å². The van der Waals surface area contributed by atoms with Gasteiger partial charge in [-0.1, -0.05) is 56.6 Å². The summed E-state index contributed by atoms with van der Waals surface area (Å²) in [5, 5.41) is 24.5. The second-order valence-corrected chi connectivity index (χ2v) is 14.5. The van der Waals surface area contributed by atoms with E-state index in [-0.39, 0.29) is 36.6 Å². The molecular formula is C38H47ClN8O4. The van der Waals surface area contributed by atoms with Crippen LogP contribution >= 0.6 is 11.6 Å². The predicted molar refractivity (Wildman–Crippen MR) is 200 cm³/mol. The Kier molecular flexibility index (Phi) is 11.0. The lowest BCUT2D eigenvalue weighted by atomic mass is 9.85. The second-order valence-electron chi connectivity index (χ2n) is 14.1. The van der Waals surface area contributed by atoms with Crippen molar-refractivity contribution in [2.75, 3.05) is 24.7 Å². The number of aliphatic hydroxyl groups is 1. The van der Waals surface area contributed by atoms with Crippen LogP contribution in [0.2, 0.25) is 5.02 Å². The first-order valence-electron chi connectivity index (χ1n) is 17.5. The van der Waals surface area contributed by atoms with E-state index in [1.165, 1.54) is 6.42 Å². The highest BCUT2D eigenvalue weighted by atomic mass is 35.5. The molecule has 0 spiro atoms. The number of nitrogens with one attached hydrogen (secondary N) is 2. The van der Waals surface area contributed by atoms with Gasteiger partial charge in [-0.25, -0.2) is 9.79 Å². The Balaban J connectivity index is 1.19. The number of aliphatic hydroxyl groups excluding tert-OH is 1. The van der Waals surface area contributed by atoms with Crippen LogP contribution in [0.1, 0.15) is 83.1 Å². The number of amidine groups is 1. The summed E-state index contributed by atoms with van der Waals surface area (Å²) in [7, 11) is 0. The molecule has 270 valence electrons. The molecule has 1 aliphatic carbocycles. The number of hydrogen-bond donors (Lipinski definition) is 4. The number of benzene rings is 2. The van der Waals surface area contributed by atoms with E-state index in [1.807, 2.05) is 61.7 Å². The number of urea groups is 1. The Labute approximate surface area is 303 Å². The lowest BCUT2D eigenvalue weighted by molar-refractivity contribution is 0.171. The quantitative estimate of drug-likeness (QED) is 0.107. The third kappa shape index (κ3) is 8.57. The number of nitrogens with two attached hydrogens (primary N) is 1. The summed E-state index contributed by atoms with van der Waals surface area (Å²) in [5.41, 5.74) is 9.87. The van der Waals surface area contributed by atoms with Crippen LogP contribution in [0, 0.1) is 5.41 Å². The minimum atomic E-state index is -0.422. The smallest absolute Gasteiger partial charge is 0.320 e. The number of halogens is 1. The van der Waals surface area contributed by atoms with Gasteiger partial charge in [0.05, 0.1) is 29.6 Å². The highest BCUT2D eigenvalue weighted by Gasteiger charge is 2.30. The van der Waals surface area contributed by atoms with Gasteiger partial charge in [-0.3, -0.25) is 9.72 Å². The van der Waals surface area contributed by atoms with Gasteiger partial charge in [0.2, 0.25) is 5.95 Å². The van der Waals surface area contributed by atoms with Crippen molar-refractivity contribution in [2.45, 2.75) is 78.0 Å². The monoisotopic (exact) mass is 714 g/mol. The van der Waals surface area contributed by atoms with E-state index in [9.17, 15) is 9.90 Å². The van der Waals surface area contributed by atoms with Crippen molar-refractivity contribution in [3.8, 4) is 11.5 Å². The van der Waals surface area contributed by atoms with Crippen LogP contribution in [0.15, 0.2) is 77.6 Å². The van der Waals surface area contributed by atoms with Crippen LogP contribution in [0.5, 0.6) is 11.5 Å². The number of carbonyl (C=O) groups is 1. The van der Waals surface area contributed by atoms with E-state index in [0.29, 0.717) is 41.0 Å². The molecule has 1 saturated heterocycles. The normalized spacial score (nSPS) is 19.8. The molecule has 0 radical (unpaired) electrons. The molecule has 1 unspecified atom stereocenters. The molecule has 4 aromatic rings. The molecule has 2 aromatic carbocycles. The minimum absolute atomic E-state index is 0.0857. The molecule has 51 heavy (non-hydrogen) atoms. The minimum Gasteiger partial charge on any atom is -0.490 e. The van der Waals surface area contributed by atoms with Gasteiger partial charge in [-0.15, -0.1) is 10.2 Å². The largest absolute Gasteiger partial charge is 0.490 e. The van der Waals surface area contributed by atoms with Crippen LogP contribution in [0.4, 0.5) is 16.4 Å². The third-order valence-corrected chi connectivity index (χ3v) is 9.66. The predicted octanol–water partition coefficient (Wildman–Crippen LogP) is 7.01. The number of fused-ring (bicyclic) bond motifs is 2. The van der Waals surface area contributed by atoms with Crippen LogP contribution < -0.4 is 30.7 Å². The van der Waals surface area contributed by atoms with Crippen LogP contribution in [0.25, 0.3) is 5.65 Å². The van der Waals surface area contributed by atoms with Gasteiger partial charge in [0, 0.05) is 35.8 Å². The summed E-state index contributed by atoms with van der Waals surface area (Å²) >= 11 is 6.28. The van der Waals surface area contributed by atoms with Crippen molar-refractivity contribution in [1.82, 2.24) is 25.2 Å².